The number of aryl methyl sites for hydroxylation is 1. The maximum absolute atomic E-state index is 12.2. The van der Waals surface area contributed by atoms with Crippen LogP contribution in [0.1, 0.15) is 55.5 Å². The molecular weight excluding hydrogens is 332 g/mol. The number of rotatable bonds is 6. The maximum Gasteiger partial charge on any atom is 0.326 e. The van der Waals surface area contributed by atoms with E-state index in [4.69, 9.17) is 4.74 Å². The fraction of sp³-hybridized carbons (Fsp3) is 0.550. The lowest BCUT2D eigenvalue weighted by atomic mass is 9.86. The van der Waals surface area contributed by atoms with Gasteiger partial charge in [0.15, 0.2) is 6.10 Å². The second-order valence-corrected chi connectivity index (χ2v) is 7.06. The van der Waals surface area contributed by atoms with E-state index in [1.807, 2.05) is 19.1 Å². The Labute approximate surface area is 154 Å². The third-order valence-electron chi connectivity index (χ3n) is 4.82. The van der Waals surface area contributed by atoms with Crippen molar-refractivity contribution in [3.05, 3.63) is 35.4 Å². The number of hydrogen-bond acceptors (Lipinski definition) is 4. The van der Waals surface area contributed by atoms with Crippen molar-refractivity contribution in [3.63, 3.8) is 0 Å². The van der Waals surface area contributed by atoms with Crippen LogP contribution in [0.3, 0.4) is 0 Å². The molecule has 0 heterocycles. The molecule has 3 atom stereocenters. The molecule has 1 fully saturated rings. The fourth-order valence-corrected chi connectivity index (χ4v) is 3.08. The van der Waals surface area contributed by atoms with Gasteiger partial charge in [-0.25, -0.2) is 0 Å². The van der Waals surface area contributed by atoms with Gasteiger partial charge in [-0.2, -0.15) is 0 Å². The monoisotopic (exact) mass is 360 g/mol. The summed E-state index contributed by atoms with van der Waals surface area (Å²) in [5.41, 5.74) is 1.52. The fourth-order valence-electron chi connectivity index (χ4n) is 3.08. The van der Waals surface area contributed by atoms with Crippen molar-refractivity contribution in [2.24, 2.45) is 5.92 Å². The first-order valence-electron chi connectivity index (χ1n) is 9.21. The number of amides is 2. The van der Waals surface area contributed by atoms with Crippen LogP contribution in [-0.4, -0.2) is 36.5 Å². The molecule has 0 radical (unpaired) electrons. The standard InChI is InChI=1S/C20H28N2O4/c1-13-8-10-16(11-9-13)20(25)21-12-18(23)26-15(3)19(24)22-17-7-5-4-6-14(17)2/h8-11,14-15,17H,4-7,12H2,1-3H3,(H,21,25)(H,22,24)/t14-,15-,17+/m1/s1. The molecule has 0 saturated heterocycles. The molecule has 2 amide bonds. The van der Waals surface area contributed by atoms with Gasteiger partial charge in [0, 0.05) is 11.6 Å². The third kappa shape index (κ3) is 5.86. The molecule has 6 nitrogen and oxygen atoms in total. The molecule has 1 aromatic carbocycles. The summed E-state index contributed by atoms with van der Waals surface area (Å²) in [4.78, 5) is 36.1. The highest BCUT2D eigenvalue weighted by Crippen LogP contribution is 2.23. The molecule has 26 heavy (non-hydrogen) atoms. The Morgan fingerprint density at radius 3 is 2.46 bits per heavy atom. The van der Waals surface area contributed by atoms with Gasteiger partial charge in [0.2, 0.25) is 0 Å². The van der Waals surface area contributed by atoms with E-state index in [2.05, 4.69) is 17.6 Å². The Balaban J connectivity index is 1.74. The zero-order chi connectivity index (χ0) is 19.1. The highest BCUT2D eigenvalue weighted by atomic mass is 16.5. The minimum absolute atomic E-state index is 0.138. The Bertz CT molecular complexity index is 642. The molecule has 0 bridgehead atoms. The summed E-state index contributed by atoms with van der Waals surface area (Å²) >= 11 is 0. The van der Waals surface area contributed by atoms with Gasteiger partial charge in [0.1, 0.15) is 6.54 Å². The average molecular weight is 360 g/mol. The number of nitrogens with one attached hydrogen (secondary N) is 2. The van der Waals surface area contributed by atoms with Crippen LogP contribution in [-0.2, 0) is 14.3 Å². The number of carbonyl (C=O) groups excluding carboxylic acids is 3. The summed E-state index contributed by atoms with van der Waals surface area (Å²) in [6, 6.07) is 7.17. The predicted molar refractivity (Wildman–Crippen MR) is 98.6 cm³/mol. The summed E-state index contributed by atoms with van der Waals surface area (Å²) < 4.78 is 5.13. The Hall–Kier alpha value is -2.37. The van der Waals surface area contributed by atoms with E-state index in [9.17, 15) is 14.4 Å². The highest BCUT2D eigenvalue weighted by molar-refractivity contribution is 5.96. The van der Waals surface area contributed by atoms with Gasteiger partial charge in [0.25, 0.3) is 11.8 Å². The SMILES string of the molecule is Cc1ccc(C(=O)NCC(=O)O[C@H](C)C(=O)N[C@H]2CCCC[C@H]2C)cc1. The Morgan fingerprint density at radius 2 is 1.81 bits per heavy atom. The van der Waals surface area contributed by atoms with Crippen molar-refractivity contribution in [1.82, 2.24) is 10.6 Å². The molecule has 1 aliphatic carbocycles. The van der Waals surface area contributed by atoms with Crippen LogP contribution in [0.4, 0.5) is 0 Å². The molecule has 0 aliphatic heterocycles. The topological polar surface area (TPSA) is 84.5 Å². The first-order chi connectivity index (χ1) is 12.4. The normalized spacial score (nSPS) is 20.7. The summed E-state index contributed by atoms with van der Waals surface area (Å²) in [6.07, 6.45) is 3.48. The summed E-state index contributed by atoms with van der Waals surface area (Å²) in [7, 11) is 0. The largest absolute Gasteiger partial charge is 0.451 e. The maximum atomic E-state index is 12.2. The molecule has 0 spiro atoms. The summed E-state index contributed by atoms with van der Waals surface area (Å²) in [5, 5.41) is 5.47. The Kier molecular flexibility index (Phi) is 7.18. The number of carbonyl (C=O) groups is 3. The van der Waals surface area contributed by atoms with Crippen LogP contribution < -0.4 is 10.6 Å². The van der Waals surface area contributed by atoms with Crippen molar-refractivity contribution in [3.8, 4) is 0 Å². The van der Waals surface area contributed by atoms with Gasteiger partial charge in [-0.05, 0) is 44.7 Å². The van der Waals surface area contributed by atoms with Gasteiger partial charge in [-0.3, -0.25) is 14.4 Å². The minimum Gasteiger partial charge on any atom is -0.451 e. The van der Waals surface area contributed by atoms with Crippen LogP contribution in [0.15, 0.2) is 24.3 Å². The number of hydrogen-bond donors (Lipinski definition) is 2. The summed E-state index contributed by atoms with van der Waals surface area (Å²) in [6.45, 7) is 5.33. The van der Waals surface area contributed by atoms with Gasteiger partial charge in [0.05, 0.1) is 0 Å². The molecule has 6 heteroatoms. The average Bonchev–Trinajstić information content (AvgIpc) is 2.62. The van der Waals surface area contributed by atoms with Gasteiger partial charge >= 0.3 is 5.97 Å². The van der Waals surface area contributed by atoms with Gasteiger partial charge < -0.3 is 15.4 Å². The highest BCUT2D eigenvalue weighted by Gasteiger charge is 2.26. The van der Waals surface area contributed by atoms with E-state index in [1.165, 1.54) is 6.42 Å². The molecular formula is C20H28N2O4. The molecule has 1 saturated carbocycles. The molecule has 2 rings (SSSR count). The lowest BCUT2D eigenvalue weighted by Gasteiger charge is -2.30. The van der Waals surface area contributed by atoms with Gasteiger partial charge in [-0.1, -0.05) is 37.5 Å². The lowest BCUT2D eigenvalue weighted by Crippen LogP contribution is -2.46. The molecule has 142 valence electrons. The zero-order valence-electron chi connectivity index (χ0n) is 15.7. The van der Waals surface area contributed by atoms with Crippen LogP contribution in [0.5, 0.6) is 0 Å². The molecule has 1 aromatic rings. The molecule has 0 unspecified atom stereocenters. The first kappa shape index (κ1) is 19.9. The molecule has 2 N–H and O–H groups in total. The second-order valence-electron chi connectivity index (χ2n) is 7.06. The van der Waals surface area contributed by atoms with E-state index in [-0.39, 0.29) is 24.4 Å². The lowest BCUT2D eigenvalue weighted by molar-refractivity contribution is -0.154. The molecule has 0 aromatic heterocycles. The first-order valence-corrected chi connectivity index (χ1v) is 9.21. The van der Waals surface area contributed by atoms with Crippen molar-refractivity contribution >= 4 is 17.8 Å². The number of benzene rings is 1. The van der Waals surface area contributed by atoms with Crippen molar-refractivity contribution in [2.45, 2.75) is 58.6 Å². The second kappa shape index (κ2) is 9.36. The van der Waals surface area contributed by atoms with Crippen molar-refractivity contribution < 1.29 is 19.1 Å². The van der Waals surface area contributed by atoms with E-state index >= 15 is 0 Å². The summed E-state index contributed by atoms with van der Waals surface area (Å²) in [5.74, 6) is -0.841. The Morgan fingerprint density at radius 1 is 1.15 bits per heavy atom. The van der Waals surface area contributed by atoms with E-state index in [0.29, 0.717) is 11.5 Å². The van der Waals surface area contributed by atoms with Crippen LogP contribution in [0, 0.1) is 12.8 Å². The number of esters is 1. The smallest absolute Gasteiger partial charge is 0.326 e. The quantitative estimate of drug-likeness (QED) is 0.763. The van der Waals surface area contributed by atoms with E-state index in [1.54, 1.807) is 19.1 Å². The van der Waals surface area contributed by atoms with E-state index in [0.717, 1.165) is 24.8 Å². The van der Waals surface area contributed by atoms with Crippen LogP contribution in [0.2, 0.25) is 0 Å². The van der Waals surface area contributed by atoms with E-state index < -0.39 is 12.1 Å². The minimum atomic E-state index is -0.882. The van der Waals surface area contributed by atoms with Gasteiger partial charge in [-0.15, -0.1) is 0 Å². The zero-order valence-corrected chi connectivity index (χ0v) is 15.7. The van der Waals surface area contributed by atoms with Crippen molar-refractivity contribution in [1.29, 1.82) is 0 Å². The van der Waals surface area contributed by atoms with Crippen LogP contribution >= 0.6 is 0 Å². The van der Waals surface area contributed by atoms with Crippen molar-refractivity contribution in [2.75, 3.05) is 6.54 Å². The predicted octanol–water partition coefficient (Wildman–Crippen LogP) is 2.35. The molecule has 1 aliphatic rings. The number of ether oxygens (including phenoxy) is 1. The third-order valence-corrected chi connectivity index (χ3v) is 4.82. The van der Waals surface area contributed by atoms with Crippen LogP contribution in [0.25, 0.3) is 0 Å².